The Morgan fingerprint density at radius 3 is 2.67 bits per heavy atom. The second-order valence-corrected chi connectivity index (χ2v) is 6.12. The molecule has 1 amide bonds. The summed E-state index contributed by atoms with van der Waals surface area (Å²) in [7, 11) is 2.05. The number of hydrogen-bond donors (Lipinski definition) is 2. The Balaban J connectivity index is 2.51. The summed E-state index contributed by atoms with van der Waals surface area (Å²) in [6.07, 6.45) is 3.62. The summed E-state index contributed by atoms with van der Waals surface area (Å²) in [4.78, 5) is 14.0. The van der Waals surface area contributed by atoms with Gasteiger partial charge in [0.1, 0.15) is 0 Å². The van der Waals surface area contributed by atoms with E-state index in [9.17, 15) is 4.79 Å². The van der Waals surface area contributed by atoms with E-state index < -0.39 is 0 Å². The lowest BCUT2D eigenvalue weighted by Crippen LogP contribution is -2.49. The number of likely N-dealkylation sites (N-methyl/N-ethyl adjacent to an activating group) is 1. The van der Waals surface area contributed by atoms with Gasteiger partial charge >= 0.3 is 0 Å². The van der Waals surface area contributed by atoms with Gasteiger partial charge < -0.3 is 11.1 Å². The molecule has 3 atom stereocenters. The summed E-state index contributed by atoms with van der Waals surface area (Å²) in [6.45, 7) is 7.48. The number of rotatable bonds is 5. The Bertz CT molecular complexity index is 268. The average molecular weight is 255 g/mol. The fraction of sp³-hybridized carbons (Fsp3) is 0.929. The molecular formula is C14H29N3O. The van der Waals surface area contributed by atoms with Gasteiger partial charge in [0.15, 0.2) is 0 Å². The molecule has 4 nitrogen and oxygen atoms in total. The van der Waals surface area contributed by atoms with E-state index in [1.807, 2.05) is 20.9 Å². The van der Waals surface area contributed by atoms with E-state index in [1.54, 1.807) is 0 Å². The number of hydrogen-bond acceptors (Lipinski definition) is 3. The molecule has 3 unspecified atom stereocenters. The molecule has 1 aliphatic rings. The van der Waals surface area contributed by atoms with Crippen molar-refractivity contribution in [1.29, 1.82) is 0 Å². The average Bonchev–Trinajstić information content (AvgIpc) is 2.27. The minimum absolute atomic E-state index is 0.112. The molecule has 1 rings (SSSR count). The first-order valence-corrected chi connectivity index (χ1v) is 7.13. The van der Waals surface area contributed by atoms with Gasteiger partial charge in [-0.2, -0.15) is 0 Å². The van der Waals surface area contributed by atoms with E-state index in [-0.39, 0.29) is 11.9 Å². The lowest BCUT2D eigenvalue weighted by atomic mass is 9.78. The second-order valence-electron chi connectivity index (χ2n) is 6.12. The highest BCUT2D eigenvalue weighted by Gasteiger charge is 2.31. The van der Waals surface area contributed by atoms with Gasteiger partial charge in [0, 0.05) is 12.1 Å². The molecule has 1 saturated carbocycles. The van der Waals surface area contributed by atoms with Crippen LogP contribution < -0.4 is 11.1 Å². The Morgan fingerprint density at radius 1 is 1.44 bits per heavy atom. The molecule has 0 aliphatic heterocycles. The van der Waals surface area contributed by atoms with Gasteiger partial charge in [0.25, 0.3) is 0 Å². The molecule has 0 saturated heterocycles. The van der Waals surface area contributed by atoms with Crippen molar-refractivity contribution in [2.75, 3.05) is 20.1 Å². The van der Waals surface area contributed by atoms with Crippen LogP contribution >= 0.6 is 0 Å². The zero-order chi connectivity index (χ0) is 13.7. The number of nitrogens with one attached hydrogen (secondary N) is 1. The van der Waals surface area contributed by atoms with E-state index in [0.717, 1.165) is 18.9 Å². The maximum atomic E-state index is 11.8. The molecule has 1 aliphatic carbocycles. The number of carbonyl (C=O) groups excluding carboxylic acids is 1. The standard InChI is InChI=1S/C14H29N3O/c1-10(2)16-14(18)9-17(4)13-7-11(3)5-6-12(13)8-15/h10-13H,5-9,15H2,1-4H3,(H,16,18). The van der Waals surface area contributed by atoms with Crippen LogP contribution in [-0.4, -0.2) is 43.0 Å². The minimum atomic E-state index is 0.112. The summed E-state index contributed by atoms with van der Waals surface area (Å²) in [6, 6.07) is 0.665. The van der Waals surface area contributed by atoms with Crippen molar-refractivity contribution in [2.24, 2.45) is 17.6 Å². The number of nitrogens with zero attached hydrogens (tertiary/aromatic N) is 1. The highest BCUT2D eigenvalue weighted by molar-refractivity contribution is 5.78. The number of nitrogens with two attached hydrogens (primary N) is 1. The van der Waals surface area contributed by atoms with Crippen molar-refractivity contribution in [3.8, 4) is 0 Å². The van der Waals surface area contributed by atoms with E-state index in [4.69, 9.17) is 5.73 Å². The molecule has 4 heteroatoms. The van der Waals surface area contributed by atoms with Crippen molar-refractivity contribution in [2.45, 2.75) is 52.1 Å². The van der Waals surface area contributed by atoms with Crippen LogP contribution in [0, 0.1) is 11.8 Å². The Labute approximate surface area is 111 Å². The monoisotopic (exact) mass is 255 g/mol. The fourth-order valence-corrected chi connectivity index (χ4v) is 2.94. The van der Waals surface area contributed by atoms with Crippen molar-refractivity contribution in [3.63, 3.8) is 0 Å². The van der Waals surface area contributed by atoms with Gasteiger partial charge in [-0.3, -0.25) is 9.69 Å². The van der Waals surface area contributed by atoms with E-state index in [2.05, 4.69) is 17.1 Å². The third kappa shape index (κ3) is 4.58. The summed E-state index contributed by atoms with van der Waals surface area (Å²) in [5, 5.41) is 2.94. The lowest BCUT2D eigenvalue weighted by molar-refractivity contribution is -0.123. The van der Waals surface area contributed by atoms with Gasteiger partial charge in [0.05, 0.1) is 6.54 Å². The Morgan fingerprint density at radius 2 is 2.11 bits per heavy atom. The van der Waals surface area contributed by atoms with Gasteiger partial charge in [-0.25, -0.2) is 0 Å². The first-order valence-electron chi connectivity index (χ1n) is 7.13. The molecule has 0 spiro atoms. The van der Waals surface area contributed by atoms with Crippen molar-refractivity contribution in [1.82, 2.24) is 10.2 Å². The van der Waals surface area contributed by atoms with E-state index in [1.165, 1.54) is 12.8 Å². The van der Waals surface area contributed by atoms with Gasteiger partial charge in [0.2, 0.25) is 5.91 Å². The SMILES string of the molecule is CC1CCC(CN)C(N(C)CC(=O)NC(C)C)C1. The van der Waals surface area contributed by atoms with Gasteiger partial charge in [-0.05, 0) is 52.1 Å². The molecular weight excluding hydrogens is 226 g/mol. The maximum absolute atomic E-state index is 11.8. The highest BCUT2D eigenvalue weighted by Crippen LogP contribution is 2.30. The molecule has 106 valence electrons. The summed E-state index contributed by atoms with van der Waals surface area (Å²) in [5.41, 5.74) is 5.86. The number of carbonyl (C=O) groups is 1. The van der Waals surface area contributed by atoms with Crippen molar-refractivity contribution >= 4 is 5.91 Å². The fourth-order valence-electron chi connectivity index (χ4n) is 2.94. The zero-order valence-corrected chi connectivity index (χ0v) is 12.3. The molecule has 0 aromatic rings. The van der Waals surface area contributed by atoms with E-state index in [0.29, 0.717) is 18.5 Å². The second kappa shape index (κ2) is 7.10. The molecule has 0 heterocycles. The zero-order valence-electron chi connectivity index (χ0n) is 12.3. The van der Waals surface area contributed by atoms with E-state index >= 15 is 0 Å². The normalized spacial score (nSPS) is 28.7. The molecule has 1 fully saturated rings. The van der Waals surface area contributed by atoms with Crippen LogP contribution in [0.1, 0.15) is 40.0 Å². The predicted octanol–water partition coefficient (Wildman–Crippen LogP) is 1.21. The van der Waals surface area contributed by atoms with Gasteiger partial charge in [-0.1, -0.05) is 13.3 Å². The third-order valence-electron chi connectivity index (χ3n) is 3.93. The first-order chi connectivity index (χ1) is 8.43. The molecule has 0 radical (unpaired) electrons. The van der Waals surface area contributed by atoms with Crippen molar-refractivity contribution in [3.05, 3.63) is 0 Å². The van der Waals surface area contributed by atoms with Crippen LogP contribution in [0.15, 0.2) is 0 Å². The number of amides is 1. The molecule has 18 heavy (non-hydrogen) atoms. The Hall–Kier alpha value is -0.610. The van der Waals surface area contributed by atoms with Crippen LogP contribution in [0.4, 0.5) is 0 Å². The highest BCUT2D eigenvalue weighted by atomic mass is 16.2. The summed E-state index contributed by atoms with van der Waals surface area (Å²) < 4.78 is 0. The quantitative estimate of drug-likeness (QED) is 0.776. The first kappa shape index (κ1) is 15.4. The lowest BCUT2D eigenvalue weighted by Gasteiger charge is -2.39. The summed E-state index contributed by atoms with van der Waals surface area (Å²) >= 11 is 0. The molecule has 0 aromatic heterocycles. The Kier molecular flexibility index (Phi) is 6.09. The van der Waals surface area contributed by atoms with Crippen LogP contribution in [0.5, 0.6) is 0 Å². The van der Waals surface area contributed by atoms with Crippen LogP contribution in [0.25, 0.3) is 0 Å². The maximum Gasteiger partial charge on any atom is 0.234 e. The third-order valence-corrected chi connectivity index (χ3v) is 3.93. The van der Waals surface area contributed by atoms with Gasteiger partial charge in [-0.15, -0.1) is 0 Å². The van der Waals surface area contributed by atoms with Crippen LogP contribution in [0.2, 0.25) is 0 Å². The smallest absolute Gasteiger partial charge is 0.234 e. The molecule has 0 bridgehead atoms. The minimum Gasteiger partial charge on any atom is -0.353 e. The van der Waals surface area contributed by atoms with Crippen LogP contribution in [-0.2, 0) is 4.79 Å². The predicted molar refractivity (Wildman–Crippen MR) is 75.3 cm³/mol. The topological polar surface area (TPSA) is 58.4 Å². The molecule has 0 aromatic carbocycles. The summed E-state index contributed by atoms with van der Waals surface area (Å²) in [5.74, 6) is 1.40. The van der Waals surface area contributed by atoms with Crippen molar-refractivity contribution < 1.29 is 4.79 Å². The molecule has 3 N–H and O–H groups in total. The largest absolute Gasteiger partial charge is 0.353 e. The van der Waals surface area contributed by atoms with Crippen LogP contribution in [0.3, 0.4) is 0 Å².